The van der Waals surface area contributed by atoms with Crippen LogP contribution in [-0.4, -0.2) is 24.2 Å². The summed E-state index contributed by atoms with van der Waals surface area (Å²) in [5.41, 5.74) is 8.58. The maximum absolute atomic E-state index is 13.2. The first kappa shape index (κ1) is 18.0. The van der Waals surface area contributed by atoms with Gasteiger partial charge in [-0.05, 0) is 35.9 Å². The monoisotopic (exact) mass is 412 g/mol. The number of nitrogens with zero attached hydrogens (tertiary/aromatic N) is 1. The number of thiazole rings is 1. The summed E-state index contributed by atoms with van der Waals surface area (Å²) in [4.78, 5) is 17.4. The molecule has 3 heterocycles. The van der Waals surface area contributed by atoms with Gasteiger partial charge in [-0.3, -0.25) is 10.2 Å². The Labute approximate surface area is 169 Å². The summed E-state index contributed by atoms with van der Waals surface area (Å²) in [5.74, 6) is 0.596. The van der Waals surface area contributed by atoms with Gasteiger partial charge in [0.25, 0.3) is 0 Å². The Balaban J connectivity index is 1.30. The number of hydrazine groups is 1. The van der Waals surface area contributed by atoms with Gasteiger partial charge in [0, 0.05) is 17.5 Å². The third-order valence-electron chi connectivity index (χ3n) is 4.95. The Morgan fingerprint density at radius 2 is 2.00 bits per heavy atom. The minimum absolute atomic E-state index is 0.150. The molecule has 7 nitrogen and oxygen atoms in total. The first-order chi connectivity index (χ1) is 14.2. The van der Waals surface area contributed by atoms with Crippen LogP contribution >= 0.6 is 11.3 Å². The number of nitrogens with one attached hydrogen (secondary N) is 3. The molecule has 29 heavy (non-hydrogen) atoms. The minimum atomic E-state index is -0.349. The number of carbonyl (C=O) groups is 1. The SMILES string of the molecule is O=C(Nc1nc(-c2ccc3c(c2)OCO3)cs1)C1CNNC1c1ccc(F)cc1. The molecule has 0 radical (unpaired) electrons. The molecule has 3 N–H and O–H groups in total. The van der Waals surface area contributed by atoms with Gasteiger partial charge >= 0.3 is 0 Å². The van der Waals surface area contributed by atoms with E-state index in [4.69, 9.17) is 9.47 Å². The van der Waals surface area contributed by atoms with Crippen LogP contribution in [0.2, 0.25) is 0 Å². The van der Waals surface area contributed by atoms with Crippen LogP contribution < -0.4 is 25.6 Å². The van der Waals surface area contributed by atoms with Crippen molar-refractivity contribution in [1.82, 2.24) is 15.8 Å². The van der Waals surface area contributed by atoms with Crippen molar-refractivity contribution in [3.63, 3.8) is 0 Å². The zero-order valence-corrected chi connectivity index (χ0v) is 16.0. The van der Waals surface area contributed by atoms with E-state index in [0.29, 0.717) is 23.2 Å². The van der Waals surface area contributed by atoms with Crippen LogP contribution in [-0.2, 0) is 4.79 Å². The number of amides is 1. The van der Waals surface area contributed by atoms with Crippen LogP contribution in [0, 0.1) is 11.7 Å². The highest BCUT2D eigenvalue weighted by Gasteiger charge is 2.34. The van der Waals surface area contributed by atoms with E-state index in [2.05, 4.69) is 21.2 Å². The zero-order valence-electron chi connectivity index (χ0n) is 15.1. The Morgan fingerprint density at radius 1 is 1.17 bits per heavy atom. The Morgan fingerprint density at radius 3 is 2.86 bits per heavy atom. The van der Waals surface area contributed by atoms with Crippen molar-refractivity contribution in [2.75, 3.05) is 18.7 Å². The minimum Gasteiger partial charge on any atom is -0.454 e. The van der Waals surface area contributed by atoms with Gasteiger partial charge in [-0.2, -0.15) is 0 Å². The molecule has 0 bridgehead atoms. The molecule has 2 atom stereocenters. The van der Waals surface area contributed by atoms with E-state index in [1.807, 2.05) is 23.6 Å². The number of benzene rings is 2. The molecule has 0 saturated carbocycles. The van der Waals surface area contributed by atoms with Crippen molar-refractivity contribution >= 4 is 22.4 Å². The zero-order chi connectivity index (χ0) is 19.8. The second kappa shape index (κ2) is 7.43. The van der Waals surface area contributed by atoms with Crippen LogP contribution in [0.4, 0.5) is 9.52 Å². The summed E-state index contributed by atoms with van der Waals surface area (Å²) in [6.45, 7) is 0.685. The lowest BCUT2D eigenvalue weighted by molar-refractivity contribution is -0.119. The van der Waals surface area contributed by atoms with Crippen molar-refractivity contribution in [3.8, 4) is 22.8 Å². The van der Waals surface area contributed by atoms with Crippen molar-refractivity contribution in [2.45, 2.75) is 6.04 Å². The van der Waals surface area contributed by atoms with E-state index in [1.165, 1.54) is 23.5 Å². The first-order valence-electron chi connectivity index (χ1n) is 9.07. The highest BCUT2D eigenvalue weighted by atomic mass is 32.1. The van der Waals surface area contributed by atoms with E-state index < -0.39 is 0 Å². The molecule has 0 spiro atoms. The summed E-state index contributed by atoms with van der Waals surface area (Å²) in [6, 6.07) is 11.5. The number of aromatic nitrogens is 1. The number of carbonyl (C=O) groups excluding carboxylic acids is 1. The molecular weight excluding hydrogens is 395 g/mol. The average molecular weight is 412 g/mol. The molecule has 1 aromatic heterocycles. The van der Waals surface area contributed by atoms with E-state index in [-0.39, 0.29) is 30.5 Å². The highest BCUT2D eigenvalue weighted by molar-refractivity contribution is 7.14. The van der Waals surface area contributed by atoms with E-state index >= 15 is 0 Å². The third kappa shape index (κ3) is 3.55. The fraction of sp³-hybridized carbons (Fsp3) is 0.200. The quantitative estimate of drug-likeness (QED) is 0.611. The van der Waals surface area contributed by atoms with E-state index in [9.17, 15) is 9.18 Å². The number of hydrogen-bond acceptors (Lipinski definition) is 7. The maximum Gasteiger partial charge on any atom is 0.232 e. The van der Waals surface area contributed by atoms with E-state index in [0.717, 1.165) is 16.8 Å². The Hall–Kier alpha value is -3.01. The van der Waals surface area contributed by atoms with Gasteiger partial charge in [0.2, 0.25) is 12.7 Å². The van der Waals surface area contributed by atoms with Crippen molar-refractivity contribution in [2.24, 2.45) is 5.92 Å². The second-order valence-electron chi connectivity index (χ2n) is 6.76. The summed E-state index contributed by atoms with van der Waals surface area (Å²) >= 11 is 1.36. The number of halogens is 1. The number of hydrogen-bond donors (Lipinski definition) is 3. The van der Waals surface area contributed by atoms with Gasteiger partial charge in [0.15, 0.2) is 16.6 Å². The van der Waals surface area contributed by atoms with Gasteiger partial charge in [0.05, 0.1) is 17.7 Å². The molecular formula is C20H17FN4O3S. The number of anilines is 1. The molecule has 2 aliphatic rings. The van der Waals surface area contributed by atoms with Crippen molar-refractivity contribution in [1.29, 1.82) is 0 Å². The standard InChI is InChI=1S/C20H17FN4O3S/c21-13-4-1-11(2-5-13)18-14(8-22-25-18)19(26)24-20-23-15(9-29-20)12-3-6-16-17(7-12)28-10-27-16/h1-7,9,14,18,22,25H,8,10H2,(H,23,24,26). The van der Waals surface area contributed by atoms with E-state index in [1.54, 1.807) is 12.1 Å². The summed E-state index contributed by atoms with van der Waals surface area (Å²) in [7, 11) is 0. The smallest absolute Gasteiger partial charge is 0.232 e. The molecule has 5 rings (SSSR count). The molecule has 3 aromatic rings. The first-order valence-corrected chi connectivity index (χ1v) is 9.95. The van der Waals surface area contributed by atoms with Crippen molar-refractivity contribution < 1.29 is 18.7 Å². The van der Waals surface area contributed by atoms with Crippen LogP contribution in [0.1, 0.15) is 11.6 Å². The normalized spacial score (nSPS) is 20.0. The Kier molecular flexibility index (Phi) is 4.62. The highest BCUT2D eigenvalue weighted by Crippen LogP contribution is 2.36. The summed E-state index contributed by atoms with van der Waals surface area (Å²) in [5, 5.41) is 5.30. The van der Waals surface area contributed by atoms with Gasteiger partial charge < -0.3 is 14.8 Å². The topological polar surface area (TPSA) is 84.5 Å². The van der Waals surface area contributed by atoms with Crippen LogP contribution in [0.3, 0.4) is 0 Å². The number of ether oxygens (including phenoxy) is 2. The Bertz CT molecular complexity index is 1060. The maximum atomic E-state index is 13.2. The molecule has 9 heteroatoms. The van der Waals surface area contributed by atoms with Gasteiger partial charge in [-0.15, -0.1) is 11.3 Å². The molecule has 2 aromatic carbocycles. The molecule has 1 fully saturated rings. The second-order valence-corrected chi connectivity index (χ2v) is 7.61. The average Bonchev–Trinajstić information content (AvgIpc) is 3.48. The van der Waals surface area contributed by atoms with Crippen LogP contribution in [0.25, 0.3) is 11.3 Å². The largest absolute Gasteiger partial charge is 0.454 e. The van der Waals surface area contributed by atoms with Crippen LogP contribution in [0.15, 0.2) is 47.8 Å². The molecule has 2 aliphatic heterocycles. The van der Waals surface area contributed by atoms with Crippen molar-refractivity contribution in [3.05, 3.63) is 59.2 Å². The predicted octanol–water partition coefficient (Wildman–Crippen LogP) is 3.08. The number of fused-ring (bicyclic) bond motifs is 1. The molecule has 1 saturated heterocycles. The lowest BCUT2D eigenvalue weighted by Gasteiger charge is -2.17. The molecule has 2 unspecified atom stereocenters. The summed E-state index contributed by atoms with van der Waals surface area (Å²) in [6.07, 6.45) is 0. The van der Waals surface area contributed by atoms with Gasteiger partial charge in [-0.25, -0.2) is 14.8 Å². The fourth-order valence-electron chi connectivity index (χ4n) is 3.44. The lowest BCUT2D eigenvalue weighted by Crippen LogP contribution is -2.29. The van der Waals surface area contributed by atoms with Gasteiger partial charge in [0.1, 0.15) is 5.82 Å². The third-order valence-corrected chi connectivity index (χ3v) is 5.71. The fourth-order valence-corrected chi connectivity index (χ4v) is 4.17. The van der Waals surface area contributed by atoms with Gasteiger partial charge in [-0.1, -0.05) is 12.1 Å². The molecule has 0 aliphatic carbocycles. The summed E-state index contributed by atoms with van der Waals surface area (Å²) < 4.78 is 23.9. The van der Waals surface area contributed by atoms with Crippen LogP contribution in [0.5, 0.6) is 11.5 Å². The number of rotatable bonds is 4. The molecule has 148 valence electrons. The predicted molar refractivity (Wildman–Crippen MR) is 106 cm³/mol. The lowest BCUT2D eigenvalue weighted by atomic mass is 9.94. The molecule has 1 amide bonds.